The normalized spacial score (nSPS) is 16.8. The van der Waals surface area contributed by atoms with Crippen molar-refractivity contribution < 1.29 is 28.2 Å². The minimum atomic E-state index is -1.23. The van der Waals surface area contributed by atoms with Crippen molar-refractivity contribution in [3.63, 3.8) is 0 Å². The van der Waals surface area contributed by atoms with Gasteiger partial charge in [-0.05, 0) is 22.4 Å². The number of nitrogens with zero attached hydrogens (tertiary/aromatic N) is 5. The van der Waals surface area contributed by atoms with E-state index >= 15 is 4.39 Å². The summed E-state index contributed by atoms with van der Waals surface area (Å²) in [4.78, 5) is 22.9. The van der Waals surface area contributed by atoms with Gasteiger partial charge in [-0.2, -0.15) is 0 Å². The number of amides is 2. The molecule has 1 aromatic carbocycles. The van der Waals surface area contributed by atoms with E-state index in [4.69, 9.17) is 9.47 Å². The average Bonchev–Trinajstić information content (AvgIpc) is 3.17. The highest BCUT2D eigenvalue weighted by molar-refractivity contribution is 7.15. The summed E-state index contributed by atoms with van der Waals surface area (Å²) in [6, 6.07) is 2.24. The first-order chi connectivity index (χ1) is 16.8. The molecule has 0 spiro atoms. The number of hydrogen-bond donors (Lipinski definition) is 1. The highest BCUT2D eigenvalue weighted by Gasteiger charge is 2.37. The molecule has 1 fully saturated rings. The number of morpholine rings is 1. The molecule has 1 atom stereocenters. The van der Waals surface area contributed by atoms with Crippen LogP contribution in [0.15, 0.2) is 18.3 Å². The fourth-order valence-corrected chi connectivity index (χ4v) is 5.07. The molecule has 3 aromatic rings. The third kappa shape index (κ3) is 3.87. The lowest BCUT2D eigenvalue weighted by Gasteiger charge is -2.37. The Labute approximate surface area is 203 Å². The van der Waals surface area contributed by atoms with E-state index in [-0.39, 0.29) is 18.8 Å². The van der Waals surface area contributed by atoms with Crippen LogP contribution in [0.3, 0.4) is 0 Å². The van der Waals surface area contributed by atoms with Crippen molar-refractivity contribution in [2.24, 2.45) is 0 Å². The maximum Gasteiger partial charge on any atom is 0.329 e. The molecule has 35 heavy (non-hydrogen) atoms. The van der Waals surface area contributed by atoms with Gasteiger partial charge in [0, 0.05) is 55.1 Å². The predicted molar refractivity (Wildman–Crippen MR) is 130 cm³/mol. The molecule has 1 saturated heterocycles. The van der Waals surface area contributed by atoms with Gasteiger partial charge in [-0.1, -0.05) is 0 Å². The molecular formula is C23H26F2N5O4P. The van der Waals surface area contributed by atoms with Crippen LogP contribution in [0.25, 0.3) is 11.0 Å². The SMILES string of the molecule is CCN1C(=O)N(c2c(F)c(O)cc(OC)c2F)Cc2cnc3c(cc(CN4CCOCC4)n3P)c21. The minimum Gasteiger partial charge on any atom is -0.505 e. The second-order valence-electron chi connectivity index (χ2n) is 8.45. The lowest BCUT2D eigenvalue weighted by molar-refractivity contribution is 0.0336. The van der Waals surface area contributed by atoms with Crippen LogP contribution >= 0.6 is 9.39 Å². The van der Waals surface area contributed by atoms with E-state index in [9.17, 15) is 14.3 Å². The van der Waals surface area contributed by atoms with Gasteiger partial charge in [0.1, 0.15) is 11.3 Å². The van der Waals surface area contributed by atoms with Gasteiger partial charge in [0.2, 0.25) is 0 Å². The number of ether oxygens (including phenoxy) is 2. The predicted octanol–water partition coefficient (Wildman–Crippen LogP) is 3.47. The maximum atomic E-state index is 15.1. The van der Waals surface area contributed by atoms with E-state index in [1.165, 1.54) is 12.0 Å². The first-order valence-corrected chi connectivity index (χ1v) is 11.8. The van der Waals surface area contributed by atoms with Crippen molar-refractivity contribution in [1.29, 1.82) is 0 Å². The molecule has 0 aliphatic carbocycles. The van der Waals surface area contributed by atoms with Gasteiger partial charge in [0.05, 0.1) is 32.6 Å². The van der Waals surface area contributed by atoms with E-state index in [0.29, 0.717) is 36.7 Å². The van der Waals surface area contributed by atoms with Gasteiger partial charge >= 0.3 is 6.03 Å². The van der Waals surface area contributed by atoms with Gasteiger partial charge in [0.15, 0.2) is 23.1 Å². The Morgan fingerprint density at radius 2 is 1.94 bits per heavy atom. The van der Waals surface area contributed by atoms with Gasteiger partial charge in [-0.15, -0.1) is 0 Å². The lowest BCUT2D eigenvalue weighted by Crippen LogP contribution is -2.48. The Bertz CT molecular complexity index is 1310. The molecule has 12 heteroatoms. The van der Waals surface area contributed by atoms with Crippen molar-refractivity contribution in [2.45, 2.75) is 20.0 Å². The smallest absolute Gasteiger partial charge is 0.329 e. The molecule has 1 unspecified atom stereocenters. The molecule has 2 aliphatic rings. The number of rotatable bonds is 5. The van der Waals surface area contributed by atoms with Gasteiger partial charge in [-0.3, -0.25) is 14.7 Å². The molecule has 186 valence electrons. The number of pyridine rings is 1. The zero-order valence-electron chi connectivity index (χ0n) is 19.4. The van der Waals surface area contributed by atoms with Crippen molar-refractivity contribution in [1.82, 2.24) is 14.2 Å². The second kappa shape index (κ2) is 9.22. The summed E-state index contributed by atoms with van der Waals surface area (Å²) in [6.07, 6.45) is 1.62. The molecule has 9 nitrogen and oxygen atoms in total. The summed E-state index contributed by atoms with van der Waals surface area (Å²) in [5.74, 6) is -3.45. The molecule has 2 amide bonds. The summed E-state index contributed by atoms with van der Waals surface area (Å²) < 4.78 is 42.3. The molecule has 2 aromatic heterocycles. The zero-order chi connectivity index (χ0) is 24.9. The van der Waals surface area contributed by atoms with Crippen molar-refractivity contribution in [3.8, 4) is 11.5 Å². The largest absolute Gasteiger partial charge is 0.505 e. The molecule has 2 aliphatic heterocycles. The minimum absolute atomic E-state index is 0.116. The van der Waals surface area contributed by atoms with E-state index in [2.05, 4.69) is 19.3 Å². The van der Waals surface area contributed by atoms with E-state index in [0.717, 1.165) is 35.1 Å². The number of halogens is 2. The fourth-order valence-electron chi connectivity index (χ4n) is 4.71. The Kier molecular flexibility index (Phi) is 6.25. The Morgan fingerprint density at radius 3 is 2.63 bits per heavy atom. The monoisotopic (exact) mass is 505 g/mol. The van der Waals surface area contributed by atoms with Crippen LogP contribution in [-0.2, 0) is 17.8 Å². The lowest BCUT2D eigenvalue weighted by atomic mass is 10.1. The number of phenols is 1. The number of aromatic hydroxyl groups is 1. The molecule has 0 bridgehead atoms. The zero-order valence-corrected chi connectivity index (χ0v) is 20.6. The molecule has 5 rings (SSSR count). The third-order valence-corrected chi connectivity index (χ3v) is 7.05. The number of anilines is 2. The van der Waals surface area contributed by atoms with Crippen LogP contribution in [-0.4, -0.2) is 65.3 Å². The summed E-state index contributed by atoms with van der Waals surface area (Å²) in [6.45, 7) is 5.67. The highest BCUT2D eigenvalue weighted by Crippen LogP contribution is 2.42. The number of hydrogen-bond acceptors (Lipinski definition) is 6. The maximum absolute atomic E-state index is 15.1. The summed E-state index contributed by atoms with van der Waals surface area (Å²) in [5.41, 5.74) is 2.33. The fraction of sp³-hybridized carbons (Fsp3) is 0.391. The number of phenolic OH excluding ortho intramolecular Hbond substituents is 1. The number of fused-ring (bicyclic) bond motifs is 3. The van der Waals surface area contributed by atoms with Crippen molar-refractivity contribution in [3.05, 3.63) is 41.2 Å². The molecule has 0 radical (unpaired) electrons. The number of carbonyl (C=O) groups excluding carboxylic acids is 1. The average molecular weight is 505 g/mol. The number of urea groups is 1. The van der Waals surface area contributed by atoms with E-state index in [1.54, 1.807) is 13.1 Å². The Hall–Kier alpha value is -3.01. The van der Waals surface area contributed by atoms with Gasteiger partial charge < -0.3 is 18.9 Å². The third-order valence-electron chi connectivity index (χ3n) is 6.47. The van der Waals surface area contributed by atoms with Crippen LogP contribution in [0.1, 0.15) is 18.2 Å². The standard InChI is InChI=1S/C23H26F2N5O4P/c1-3-28-20-13(11-29(23(28)32)21-18(24)16(31)9-17(33-2)19(21)25)10-26-22-15(20)8-14(30(22)35)12-27-4-6-34-7-5-27/h8-10,31H,3-7,11-12,35H2,1-2H3. The summed E-state index contributed by atoms with van der Waals surface area (Å²) >= 11 is 0. The van der Waals surface area contributed by atoms with E-state index < -0.39 is 29.1 Å². The molecular weight excluding hydrogens is 479 g/mol. The van der Waals surface area contributed by atoms with Crippen LogP contribution in [0.4, 0.5) is 25.0 Å². The van der Waals surface area contributed by atoms with Crippen LogP contribution < -0.4 is 14.5 Å². The van der Waals surface area contributed by atoms with E-state index in [1.807, 2.05) is 10.4 Å². The van der Waals surface area contributed by atoms with Crippen molar-refractivity contribution >= 4 is 37.8 Å². The molecule has 4 heterocycles. The number of benzene rings is 1. The molecule has 0 saturated carbocycles. The van der Waals surface area contributed by atoms with Crippen molar-refractivity contribution in [2.75, 3.05) is 49.8 Å². The van der Waals surface area contributed by atoms with Crippen LogP contribution in [0.5, 0.6) is 11.5 Å². The summed E-state index contributed by atoms with van der Waals surface area (Å²) in [7, 11) is 3.88. The van der Waals surface area contributed by atoms with Gasteiger partial charge in [0.25, 0.3) is 0 Å². The topological polar surface area (TPSA) is 83.3 Å². The molecule has 1 N–H and O–H groups in total. The first-order valence-electron chi connectivity index (χ1n) is 11.3. The quantitative estimate of drug-likeness (QED) is 0.535. The first kappa shape index (κ1) is 23.7. The Balaban J connectivity index is 1.60. The van der Waals surface area contributed by atoms with Crippen LogP contribution in [0, 0.1) is 11.6 Å². The Morgan fingerprint density at radius 1 is 1.20 bits per heavy atom. The van der Waals surface area contributed by atoms with Gasteiger partial charge in [-0.25, -0.2) is 18.6 Å². The second-order valence-corrected chi connectivity index (χ2v) is 8.97. The number of aromatic nitrogens is 2. The number of carbonyl (C=O) groups is 1. The highest BCUT2D eigenvalue weighted by atomic mass is 31.0. The van der Waals surface area contributed by atoms with Crippen LogP contribution in [0.2, 0.25) is 0 Å². The summed E-state index contributed by atoms with van der Waals surface area (Å²) in [5, 5.41) is 10.8. The number of methoxy groups -OCH3 is 1.